The molecule has 0 aliphatic heterocycles. The molecular formula is C23H27NO4S. The van der Waals surface area contributed by atoms with E-state index in [4.69, 9.17) is 14.6 Å². The van der Waals surface area contributed by atoms with E-state index >= 15 is 0 Å². The van der Waals surface area contributed by atoms with Gasteiger partial charge in [0.1, 0.15) is 11.4 Å². The second-order valence-electron chi connectivity index (χ2n) is 7.44. The summed E-state index contributed by atoms with van der Waals surface area (Å²) in [6.45, 7) is 6.40. The van der Waals surface area contributed by atoms with Gasteiger partial charge in [0.25, 0.3) is 0 Å². The number of hydrogen-bond acceptors (Lipinski definition) is 5. The van der Waals surface area contributed by atoms with Crippen LogP contribution in [-0.4, -0.2) is 30.0 Å². The minimum atomic E-state index is -0.484. The molecule has 2 N–H and O–H groups in total. The number of benzene rings is 2. The number of carbonyl (C=O) groups is 1. The monoisotopic (exact) mass is 413 g/mol. The molecule has 5 nitrogen and oxygen atoms in total. The number of carbonyl (C=O) groups excluding carboxylic acids is 1. The summed E-state index contributed by atoms with van der Waals surface area (Å²) in [5.74, 6) is 0.812. The number of amides is 1. The van der Waals surface area contributed by atoms with Crippen LogP contribution in [0.15, 0.2) is 48.5 Å². The van der Waals surface area contributed by atoms with Crippen molar-refractivity contribution in [2.75, 3.05) is 18.5 Å². The van der Waals surface area contributed by atoms with Crippen LogP contribution in [0.3, 0.4) is 0 Å². The van der Waals surface area contributed by atoms with E-state index in [1.54, 1.807) is 11.3 Å². The molecule has 0 unspecified atom stereocenters. The van der Waals surface area contributed by atoms with Crippen LogP contribution in [0, 0.1) is 0 Å². The van der Waals surface area contributed by atoms with Crippen LogP contribution in [0.5, 0.6) is 5.75 Å². The average molecular weight is 414 g/mol. The molecule has 0 fully saturated rings. The first-order chi connectivity index (χ1) is 13.9. The fraction of sp³-hybridized carbons (Fsp3) is 0.348. The molecule has 1 amide bonds. The summed E-state index contributed by atoms with van der Waals surface area (Å²) in [5.41, 5.74) is 1.30. The van der Waals surface area contributed by atoms with Gasteiger partial charge in [-0.05, 0) is 67.6 Å². The highest BCUT2D eigenvalue weighted by Gasteiger charge is 2.20. The molecule has 154 valence electrons. The van der Waals surface area contributed by atoms with E-state index in [9.17, 15) is 4.79 Å². The van der Waals surface area contributed by atoms with Gasteiger partial charge in [0.15, 0.2) is 0 Å². The summed E-state index contributed by atoms with van der Waals surface area (Å²) in [6.07, 6.45) is 0.928. The number of aliphatic hydroxyl groups is 1. The van der Waals surface area contributed by atoms with Crippen LogP contribution in [0.25, 0.3) is 20.5 Å². The Morgan fingerprint density at radius 1 is 1.14 bits per heavy atom. The second-order valence-corrected chi connectivity index (χ2v) is 8.52. The van der Waals surface area contributed by atoms with Crippen LogP contribution in [0.1, 0.15) is 33.6 Å². The molecular weight excluding hydrogens is 386 g/mol. The summed E-state index contributed by atoms with van der Waals surface area (Å²) in [5, 5.41) is 12.8. The second kappa shape index (κ2) is 9.29. The Kier molecular flexibility index (Phi) is 6.77. The van der Waals surface area contributed by atoms with Crippen molar-refractivity contribution >= 4 is 33.2 Å². The first-order valence-electron chi connectivity index (χ1n) is 9.78. The molecule has 0 saturated heterocycles. The Bertz CT molecular complexity index is 963. The maximum atomic E-state index is 12.0. The van der Waals surface area contributed by atoms with Crippen molar-refractivity contribution in [3.05, 3.63) is 48.5 Å². The number of hydrogen-bond donors (Lipinski definition) is 2. The summed E-state index contributed by atoms with van der Waals surface area (Å²) >= 11 is 1.69. The van der Waals surface area contributed by atoms with Crippen LogP contribution >= 0.6 is 11.3 Å². The molecule has 0 aliphatic carbocycles. The fourth-order valence-corrected chi connectivity index (χ4v) is 3.78. The Morgan fingerprint density at radius 2 is 1.90 bits per heavy atom. The number of thiophene rings is 1. The number of nitrogens with one attached hydrogen (secondary N) is 1. The van der Waals surface area contributed by atoms with Gasteiger partial charge < -0.3 is 14.6 Å². The SMILES string of the molecule is CCC(C)(C)OC(=O)Nc1ccc(-c2cc3ccc(OCCCO)cc3s2)cc1. The molecule has 0 spiro atoms. The molecule has 3 rings (SSSR count). The maximum absolute atomic E-state index is 12.0. The van der Waals surface area contributed by atoms with E-state index in [0.29, 0.717) is 18.7 Å². The number of fused-ring (bicyclic) bond motifs is 1. The lowest BCUT2D eigenvalue weighted by atomic mass is 10.1. The lowest BCUT2D eigenvalue weighted by molar-refractivity contribution is 0.0462. The minimum absolute atomic E-state index is 0.129. The maximum Gasteiger partial charge on any atom is 0.412 e. The van der Waals surface area contributed by atoms with Crippen LogP contribution < -0.4 is 10.1 Å². The number of ether oxygens (including phenoxy) is 2. The molecule has 0 atom stereocenters. The van der Waals surface area contributed by atoms with Gasteiger partial charge >= 0.3 is 6.09 Å². The Hall–Kier alpha value is -2.57. The number of anilines is 1. The molecule has 0 bridgehead atoms. The first kappa shape index (κ1) is 21.1. The molecule has 0 saturated carbocycles. The third-order valence-electron chi connectivity index (χ3n) is 4.70. The van der Waals surface area contributed by atoms with Crippen molar-refractivity contribution in [1.82, 2.24) is 0 Å². The zero-order valence-electron chi connectivity index (χ0n) is 17.0. The third kappa shape index (κ3) is 5.71. The Balaban J connectivity index is 1.69. The largest absolute Gasteiger partial charge is 0.493 e. The summed E-state index contributed by atoms with van der Waals surface area (Å²) < 4.78 is 12.2. The van der Waals surface area contributed by atoms with Gasteiger partial charge in [0.05, 0.1) is 6.61 Å². The van der Waals surface area contributed by atoms with E-state index in [2.05, 4.69) is 11.4 Å². The molecule has 1 aromatic heterocycles. The fourth-order valence-electron chi connectivity index (χ4n) is 2.68. The van der Waals surface area contributed by atoms with E-state index < -0.39 is 11.7 Å². The zero-order chi connectivity index (χ0) is 20.9. The highest BCUT2D eigenvalue weighted by atomic mass is 32.1. The van der Waals surface area contributed by atoms with Crippen molar-refractivity contribution in [2.45, 2.75) is 39.2 Å². The summed E-state index contributed by atoms with van der Waals surface area (Å²) in [6, 6.07) is 15.9. The Morgan fingerprint density at radius 3 is 2.59 bits per heavy atom. The quantitative estimate of drug-likeness (QED) is 0.440. The first-order valence-corrected chi connectivity index (χ1v) is 10.6. The van der Waals surface area contributed by atoms with E-state index in [1.807, 2.05) is 63.2 Å². The highest BCUT2D eigenvalue weighted by Crippen LogP contribution is 2.35. The lowest BCUT2D eigenvalue weighted by Gasteiger charge is -2.23. The van der Waals surface area contributed by atoms with Crippen LogP contribution in [-0.2, 0) is 4.74 Å². The van der Waals surface area contributed by atoms with Crippen molar-refractivity contribution < 1.29 is 19.4 Å². The highest BCUT2D eigenvalue weighted by molar-refractivity contribution is 7.22. The molecule has 2 aromatic carbocycles. The molecule has 1 heterocycles. The zero-order valence-corrected chi connectivity index (χ0v) is 17.8. The minimum Gasteiger partial charge on any atom is -0.493 e. The van der Waals surface area contributed by atoms with Gasteiger partial charge in [-0.1, -0.05) is 19.1 Å². The average Bonchev–Trinajstić information content (AvgIpc) is 3.11. The summed E-state index contributed by atoms with van der Waals surface area (Å²) in [4.78, 5) is 13.2. The van der Waals surface area contributed by atoms with Crippen molar-refractivity contribution in [3.8, 4) is 16.2 Å². The molecule has 29 heavy (non-hydrogen) atoms. The smallest absolute Gasteiger partial charge is 0.412 e. The van der Waals surface area contributed by atoms with Crippen molar-refractivity contribution in [3.63, 3.8) is 0 Å². The standard InChI is InChI=1S/C23H27NO4S/c1-4-23(2,3)28-22(26)24-18-9-6-16(7-10-18)20-14-17-8-11-19(15-21(17)29-20)27-13-5-12-25/h6-11,14-15,25H,4-5,12-13H2,1-3H3,(H,24,26). The van der Waals surface area contributed by atoms with Gasteiger partial charge in [-0.15, -0.1) is 11.3 Å². The van der Waals surface area contributed by atoms with Crippen LogP contribution in [0.2, 0.25) is 0 Å². The van der Waals surface area contributed by atoms with Gasteiger partial charge in [0, 0.05) is 28.3 Å². The number of rotatable bonds is 8. The lowest BCUT2D eigenvalue weighted by Crippen LogP contribution is -2.29. The molecule has 3 aromatic rings. The van der Waals surface area contributed by atoms with E-state index in [-0.39, 0.29) is 6.61 Å². The molecule has 0 radical (unpaired) electrons. The number of aliphatic hydroxyl groups excluding tert-OH is 1. The molecule has 6 heteroatoms. The predicted molar refractivity (Wildman–Crippen MR) is 119 cm³/mol. The molecule has 0 aliphatic rings. The van der Waals surface area contributed by atoms with Crippen LogP contribution in [0.4, 0.5) is 10.5 Å². The summed E-state index contributed by atoms with van der Waals surface area (Å²) in [7, 11) is 0. The topological polar surface area (TPSA) is 67.8 Å². The van der Waals surface area contributed by atoms with Gasteiger partial charge in [0.2, 0.25) is 0 Å². The Labute approximate surface area is 175 Å². The van der Waals surface area contributed by atoms with Crippen molar-refractivity contribution in [1.29, 1.82) is 0 Å². The normalized spacial score (nSPS) is 11.4. The van der Waals surface area contributed by atoms with Gasteiger partial charge in [-0.2, -0.15) is 0 Å². The predicted octanol–water partition coefficient (Wildman–Crippen LogP) is 6.07. The van der Waals surface area contributed by atoms with Gasteiger partial charge in [-0.3, -0.25) is 5.32 Å². The van der Waals surface area contributed by atoms with E-state index in [0.717, 1.165) is 32.7 Å². The third-order valence-corrected chi connectivity index (χ3v) is 5.85. The van der Waals surface area contributed by atoms with Crippen molar-refractivity contribution in [2.24, 2.45) is 0 Å². The van der Waals surface area contributed by atoms with Gasteiger partial charge in [-0.25, -0.2) is 4.79 Å². The van der Waals surface area contributed by atoms with E-state index in [1.165, 1.54) is 0 Å².